The van der Waals surface area contributed by atoms with E-state index >= 15 is 0 Å². The number of benzene rings is 2. The molecule has 106 valence electrons. The third-order valence-corrected chi connectivity index (χ3v) is 4.17. The van der Waals surface area contributed by atoms with E-state index in [1.807, 2.05) is 30.3 Å². The molecule has 0 spiro atoms. The molecule has 0 aliphatic heterocycles. The number of methoxy groups -OCH3 is 1. The summed E-state index contributed by atoms with van der Waals surface area (Å²) >= 11 is 1.55. The zero-order chi connectivity index (χ0) is 14.8. The van der Waals surface area contributed by atoms with Crippen LogP contribution in [-0.2, 0) is 0 Å². The molecule has 1 heterocycles. The number of hydroxylamine groups is 1. The first-order valence-corrected chi connectivity index (χ1v) is 7.02. The topological polar surface area (TPSA) is 71.5 Å². The molecule has 0 saturated heterocycles. The molecule has 1 aromatic heterocycles. The first-order chi connectivity index (χ1) is 10.2. The van der Waals surface area contributed by atoms with Crippen molar-refractivity contribution < 1.29 is 14.7 Å². The molecule has 3 aromatic rings. The van der Waals surface area contributed by atoms with Crippen LogP contribution in [0, 0.1) is 0 Å². The number of ether oxygens (including phenoxy) is 1. The number of carbonyl (C=O) groups is 1. The second-order valence-electron chi connectivity index (χ2n) is 4.37. The molecule has 0 aliphatic carbocycles. The molecule has 0 radical (unpaired) electrons. The number of nitrogens with zero attached hydrogens (tertiary/aromatic N) is 1. The van der Waals surface area contributed by atoms with E-state index in [4.69, 9.17) is 9.94 Å². The van der Waals surface area contributed by atoms with Crippen molar-refractivity contribution in [3.8, 4) is 16.3 Å². The lowest BCUT2D eigenvalue weighted by atomic mass is 10.2. The van der Waals surface area contributed by atoms with Crippen LogP contribution in [0.3, 0.4) is 0 Å². The van der Waals surface area contributed by atoms with E-state index in [-0.39, 0.29) is 0 Å². The van der Waals surface area contributed by atoms with Crippen molar-refractivity contribution in [3.63, 3.8) is 0 Å². The second kappa shape index (κ2) is 5.51. The molecule has 3 rings (SSSR count). The summed E-state index contributed by atoms with van der Waals surface area (Å²) < 4.78 is 6.12. The number of hydrogen-bond donors (Lipinski definition) is 2. The highest BCUT2D eigenvalue weighted by atomic mass is 32.1. The average Bonchev–Trinajstić information content (AvgIpc) is 2.97. The van der Waals surface area contributed by atoms with Crippen molar-refractivity contribution in [2.45, 2.75) is 0 Å². The fourth-order valence-electron chi connectivity index (χ4n) is 1.99. The monoisotopic (exact) mass is 300 g/mol. The fraction of sp³-hybridized carbons (Fsp3) is 0.0667. The lowest BCUT2D eigenvalue weighted by molar-refractivity contribution is 0.0706. The summed E-state index contributed by atoms with van der Waals surface area (Å²) in [5, 5.41) is 9.53. The maximum Gasteiger partial charge on any atom is 0.274 e. The molecule has 0 unspecified atom stereocenters. The van der Waals surface area contributed by atoms with Crippen LogP contribution in [0.15, 0.2) is 42.5 Å². The minimum atomic E-state index is -0.545. The van der Waals surface area contributed by atoms with Gasteiger partial charge in [0.1, 0.15) is 10.8 Å². The van der Waals surface area contributed by atoms with Gasteiger partial charge in [0.2, 0.25) is 0 Å². The molecular weight excluding hydrogens is 288 g/mol. The van der Waals surface area contributed by atoms with Crippen LogP contribution in [0.1, 0.15) is 10.4 Å². The summed E-state index contributed by atoms with van der Waals surface area (Å²) in [7, 11) is 1.63. The largest absolute Gasteiger partial charge is 0.497 e. The number of amides is 1. The maximum absolute atomic E-state index is 11.4. The van der Waals surface area contributed by atoms with E-state index in [2.05, 4.69) is 4.98 Å². The van der Waals surface area contributed by atoms with Crippen molar-refractivity contribution in [2.24, 2.45) is 0 Å². The summed E-state index contributed by atoms with van der Waals surface area (Å²) in [4.78, 5) is 15.9. The highest BCUT2D eigenvalue weighted by molar-refractivity contribution is 7.21. The summed E-state index contributed by atoms with van der Waals surface area (Å²) in [6.07, 6.45) is 0. The van der Waals surface area contributed by atoms with Crippen molar-refractivity contribution in [2.75, 3.05) is 7.11 Å². The van der Waals surface area contributed by atoms with Crippen LogP contribution in [0.4, 0.5) is 0 Å². The number of rotatable bonds is 3. The number of aromatic nitrogens is 1. The van der Waals surface area contributed by atoms with Crippen LogP contribution in [-0.4, -0.2) is 23.2 Å². The van der Waals surface area contributed by atoms with Crippen molar-refractivity contribution >= 4 is 27.5 Å². The van der Waals surface area contributed by atoms with E-state index in [1.165, 1.54) is 0 Å². The second-order valence-corrected chi connectivity index (χ2v) is 5.40. The van der Waals surface area contributed by atoms with Crippen LogP contribution >= 0.6 is 11.3 Å². The summed E-state index contributed by atoms with van der Waals surface area (Å²) in [5.41, 5.74) is 3.71. The van der Waals surface area contributed by atoms with E-state index in [0.717, 1.165) is 26.5 Å². The Morgan fingerprint density at radius 2 is 2.00 bits per heavy atom. The average molecular weight is 300 g/mol. The van der Waals surface area contributed by atoms with Gasteiger partial charge in [-0.3, -0.25) is 10.0 Å². The lowest BCUT2D eigenvalue weighted by Crippen LogP contribution is -2.18. The Balaban J connectivity index is 2.01. The zero-order valence-electron chi connectivity index (χ0n) is 11.2. The van der Waals surface area contributed by atoms with Gasteiger partial charge in [-0.15, -0.1) is 11.3 Å². The number of hydrogen-bond acceptors (Lipinski definition) is 5. The SMILES string of the molecule is COc1ccc(-c2nc3cc(C(=O)NO)ccc3s2)cc1. The zero-order valence-corrected chi connectivity index (χ0v) is 12.0. The van der Waals surface area contributed by atoms with E-state index in [0.29, 0.717) is 5.56 Å². The number of nitrogens with one attached hydrogen (secondary N) is 1. The quantitative estimate of drug-likeness (QED) is 0.576. The smallest absolute Gasteiger partial charge is 0.274 e. The van der Waals surface area contributed by atoms with Crippen LogP contribution in [0.25, 0.3) is 20.8 Å². The molecule has 6 heteroatoms. The van der Waals surface area contributed by atoms with Gasteiger partial charge in [0.05, 0.1) is 17.3 Å². The van der Waals surface area contributed by atoms with E-state index < -0.39 is 5.91 Å². The molecule has 2 N–H and O–H groups in total. The summed E-state index contributed by atoms with van der Waals surface area (Å²) in [6, 6.07) is 12.8. The predicted molar refractivity (Wildman–Crippen MR) is 80.9 cm³/mol. The van der Waals surface area contributed by atoms with Gasteiger partial charge in [0.15, 0.2) is 0 Å². The first-order valence-electron chi connectivity index (χ1n) is 6.20. The highest BCUT2D eigenvalue weighted by Crippen LogP contribution is 2.31. The molecule has 0 saturated carbocycles. The number of carbonyl (C=O) groups excluding carboxylic acids is 1. The van der Waals surface area contributed by atoms with Gasteiger partial charge in [-0.1, -0.05) is 0 Å². The summed E-state index contributed by atoms with van der Waals surface area (Å²) in [6.45, 7) is 0. The van der Waals surface area contributed by atoms with Crippen LogP contribution < -0.4 is 10.2 Å². The molecule has 1 amide bonds. The van der Waals surface area contributed by atoms with Crippen molar-refractivity contribution in [3.05, 3.63) is 48.0 Å². The molecule has 0 bridgehead atoms. The molecule has 0 aliphatic rings. The third kappa shape index (κ3) is 2.58. The van der Waals surface area contributed by atoms with Crippen molar-refractivity contribution in [1.82, 2.24) is 10.5 Å². The van der Waals surface area contributed by atoms with Gasteiger partial charge >= 0.3 is 0 Å². The number of fused-ring (bicyclic) bond motifs is 1. The Labute approximate surface area is 124 Å². The van der Waals surface area contributed by atoms with Gasteiger partial charge in [-0.2, -0.15) is 0 Å². The van der Waals surface area contributed by atoms with E-state index in [1.54, 1.807) is 36.1 Å². The molecule has 21 heavy (non-hydrogen) atoms. The summed E-state index contributed by atoms with van der Waals surface area (Å²) in [5.74, 6) is 0.248. The highest BCUT2D eigenvalue weighted by Gasteiger charge is 2.10. The Hall–Kier alpha value is -2.44. The lowest BCUT2D eigenvalue weighted by Gasteiger charge is -1.99. The predicted octanol–water partition coefficient (Wildman–Crippen LogP) is 3.09. The Morgan fingerprint density at radius 1 is 1.24 bits per heavy atom. The van der Waals surface area contributed by atoms with Crippen LogP contribution in [0.5, 0.6) is 5.75 Å². The van der Waals surface area contributed by atoms with Crippen molar-refractivity contribution in [1.29, 1.82) is 0 Å². The van der Waals surface area contributed by atoms with Gasteiger partial charge in [-0.25, -0.2) is 10.5 Å². The minimum absolute atomic E-state index is 0.372. The standard InChI is InChI=1S/C15H12N2O3S/c1-20-11-5-2-9(3-6-11)15-16-12-8-10(14(18)17-19)4-7-13(12)21-15/h2-8,19H,1H3,(H,17,18). The van der Waals surface area contributed by atoms with Gasteiger partial charge in [-0.05, 0) is 42.5 Å². The molecule has 0 atom stereocenters. The molecule has 0 fully saturated rings. The van der Waals surface area contributed by atoms with Gasteiger partial charge < -0.3 is 4.74 Å². The molecule has 2 aromatic carbocycles. The molecular formula is C15H12N2O3S. The minimum Gasteiger partial charge on any atom is -0.497 e. The Bertz CT molecular complexity index is 796. The fourth-order valence-corrected chi connectivity index (χ4v) is 2.94. The van der Waals surface area contributed by atoms with Gasteiger partial charge in [0, 0.05) is 11.1 Å². The normalized spacial score (nSPS) is 10.6. The Morgan fingerprint density at radius 3 is 2.67 bits per heavy atom. The van der Waals surface area contributed by atoms with Gasteiger partial charge in [0.25, 0.3) is 5.91 Å². The maximum atomic E-state index is 11.4. The van der Waals surface area contributed by atoms with Crippen LogP contribution in [0.2, 0.25) is 0 Å². The number of thiazole rings is 1. The first kappa shape index (κ1) is 13.5. The Kier molecular flexibility index (Phi) is 3.55. The third-order valence-electron chi connectivity index (χ3n) is 3.09. The van der Waals surface area contributed by atoms with E-state index in [9.17, 15) is 4.79 Å². The molecule has 5 nitrogen and oxygen atoms in total.